The summed E-state index contributed by atoms with van der Waals surface area (Å²) < 4.78 is 5.33. The minimum atomic E-state index is -0.0800. The molecule has 0 spiro atoms. The highest BCUT2D eigenvalue weighted by molar-refractivity contribution is 5.91. The van der Waals surface area contributed by atoms with Crippen molar-refractivity contribution in [2.45, 2.75) is 18.8 Å². The van der Waals surface area contributed by atoms with Crippen molar-refractivity contribution in [2.24, 2.45) is 0 Å². The van der Waals surface area contributed by atoms with Crippen molar-refractivity contribution in [3.63, 3.8) is 0 Å². The predicted octanol–water partition coefficient (Wildman–Crippen LogP) is 4.21. The standard InChI is InChI=1S/C24H21N5O2/c30-24(21-4-2-14-31-21)29-13-1-3-19(16-29)22-20(17-5-9-25-10-6-17)15-27-23(28-22)18-7-11-26-12-8-18/h2,4-12,14-15,19H,1,3,13,16H2. The maximum absolute atomic E-state index is 12.9. The second-order valence-electron chi connectivity index (χ2n) is 7.53. The number of nitrogens with zero attached hydrogens (tertiary/aromatic N) is 5. The Hall–Kier alpha value is -3.87. The van der Waals surface area contributed by atoms with Gasteiger partial charge >= 0.3 is 0 Å². The third-order valence-corrected chi connectivity index (χ3v) is 5.58. The number of aromatic nitrogens is 4. The van der Waals surface area contributed by atoms with Crippen molar-refractivity contribution in [1.82, 2.24) is 24.8 Å². The summed E-state index contributed by atoms with van der Waals surface area (Å²) >= 11 is 0. The van der Waals surface area contributed by atoms with Crippen molar-refractivity contribution in [3.05, 3.63) is 85.1 Å². The molecular formula is C24H21N5O2. The molecule has 1 fully saturated rings. The summed E-state index contributed by atoms with van der Waals surface area (Å²) in [4.78, 5) is 32.5. The van der Waals surface area contributed by atoms with E-state index < -0.39 is 0 Å². The Morgan fingerprint density at radius 1 is 1.00 bits per heavy atom. The summed E-state index contributed by atoms with van der Waals surface area (Å²) in [6.45, 7) is 1.30. The van der Waals surface area contributed by atoms with Crippen molar-refractivity contribution in [3.8, 4) is 22.5 Å². The second-order valence-corrected chi connectivity index (χ2v) is 7.53. The maximum atomic E-state index is 12.9. The molecule has 0 aromatic carbocycles. The number of amides is 1. The Bertz CT molecular complexity index is 1160. The van der Waals surface area contributed by atoms with Gasteiger partial charge < -0.3 is 9.32 Å². The van der Waals surface area contributed by atoms with Gasteiger partial charge in [-0.05, 0) is 54.8 Å². The molecule has 1 aliphatic heterocycles. The van der Waals surface area contributed by atoms with Gasteiger partial charge in [-0.3, -0.25) is 14.8 Å². The average Bonchev–Trinajstić information content (AvgIpc) is 3.39. The van der Waals surface area contributed by atoms with E-state index in [-0.39, 0.29) is 11.8 Å². The Kier molecular flexibility index (Phi) is 5.22. The lowest BCUT2D eigenvalue weighted by molar-refractivity contribution is 0.0674. The van der Waals surface area contributed by atoms with Gasteiger partial charge in [0.2, 0.25) is 0 Å². The Balaban J connectivity index is 1.53. The van der Waals surface area contributed by atoms with Gasteiger partial charge in [-0.25, -0.2) is 9.97 Å². The van der Waals surface area contributed by atoms with Crippen LogP contribution in [0.2, 0.25) is 0 Å². The van der Waals surface area contributed by atoms with Gasteiger partial charge in [-0.1, -0.05) is 0 Å². The molecule has 4 aromatic heterocycles. The second kappa shape index (κ2) is 8.47. The molecule has 0 bridgehead atoms. The number of hydrogen-bond donors (Lipinski definition) is 0. The zero-order valence-electron chi connectivity index (χ0n) is 16.9. The van der Waals surface area contributed by atoms with E-state index in [1.54, 1.807) is 36.9 Å². The summed E-state index contributed by atoms with van der Waals surface area (Å²) in [5.41, 5.74) is 3.85. The van der Waals surface area contributed by atoms with Crippen LogP contribution in [0.5, 0.6) is 0 Å². The van der Waals surface area contributed by atoms with Gasteiger partial charge in [0, 0.05) is 61.1 Å². The summed E-state index contributed by atoms with van der Waals surface area (Å²) in [5, 5.41) is 0. The highest BCUT2D eigenvalue weighted by Crippen LogP contribution is 2.34. The van der Waals surface area contributed by atoms with Crippen molar-refractivity contribution in [1.29, 1.82) is 0 Å². The van der Waals surface area contributed by atoms with E-state index in [1.807, 2.05) is 35.4 Å². The Labute approximate surface area is 179 Å². The lowest BCUT2D eigenvalue weighted by Crippen LogP contribution is -2.39. The zero-order valence-corrected chi connectivity index (χ0v) is 16.9. The molecule has 0 radical (unpaired) electrons. The molecular weight excluding hydrogens is 390 g/mol. The molecule has 1 atom stereocenters. The molecule has 1 amide bonds. The van der Waals surface area contributed by atoms with Gasteiger partial charge in [0.25, 0.3) is 5.91 Å². The van der Waals surface area contributed by atoms with Gasteiger partial charge in [-0.2, -0.15) is 0 Å². The molecule has 154 valence electrons. The Morgan fingerprint density at radius 3 is 2.45 bits per heavy atom. The van der Waals surface area contributed by atoms with Crippen molar-refractivity contribution in [2.75, 3.05) is 13.1 Å². The minimum absolute atomic E-state index is 0.0800. The molecule has 7 heteroatoms. The fourth-order valence-corrected chi connectivity index (χ4v) is 4.04. The highest BCUT2D eigenvalue weighted by Gasteiger charge is 2.29. The predicted molar refractivity (Wildman–Crippen MR) is 115 cm³/mol. The number of piperidine rings is 1. The van der Waals surface area contributed by atoms with Crippen LogP contribution in [0.3, 0.4) is 0 Å². The molecule has 5 rings (SSSR count). The minimum Gasteiger partial charge on any atom is -0.459 e. The van der Waals surface area contributed by atoms with Crippen molar-refractivity contribution < 1.29 is 9.21 Å². The number of hydrogen-bond acceptors (Lipinski definition) is 6. The van der Waals surface area contributed by atoms with Gasteiger partial charge in [0.05, 0.1) is 12.0 Å². The molecule has 1 saturated heterocycles. The lowest BCUT2D eigenvalue weighted by Gasteiger charge is -2.33. The number of carbonyl (C=O) groups is 1. The highest BCUT2D eigenvalue weighted by atomic mass is 16.3. The molecule has 4 aromatic rings. The van der Waals surface area contributed by atoms with E-state index in [1.165, 1.54) is 6.26 Å². The number of carbonyl (C=O) groups excluding carboxylic acids is 1. The van der Waals surface area contributed by atoms with Crippen LogP contribution in [0.1, 0.15) is 35.0 Å². The first kappa shape index (κ1) is 19.1. The summed E-state index contributed by atoms with van der Waals surface area (Å²) in [6, 6.07) is 11.2. The van der Waals surface area contributed by atoms with Crippen LogP contribution in [0, 0.1) is 0 Å². The van der Waals surface area contributed by atoms with Crippen LogP contribution >= 0.6 is 0 Å². The zero-order chi connectivity index (χ0) is 21.0. The molecule has 0 N–H and O–H groups in total. The first-order valence-corrected chi connectivity index (χ1v) is 10.3. The van der Waals surface area contributed by atoms with Crippen LogP contribution in [0.25, 0.3) is 22.5 Å². The number of rotatable bonds is 4. The summed E-state index contributed by atoms with van der Waals surface area (Å²) in [6.07, 6.45) is 12.3. The van der Waals surface area contributed by atoms with E-state index in [2.05, 4.69) is 15.0 Å². The monoisotopic (exact) mass is 411 g/mol. The summed E-state index contributed by atoms with van der Waals surface area (Å²) in [5.74, 6) is 1.04. The van der Waals surface area contributed by atoms with Crippen LogP contribution in [0.4, 0.5) is 0 Å². The Morgan fingerprint density at radius 2 is 1.74 bits per heavy atom. The molecule has 1 unspecified atom stereocenters. The summed E-state index contributed by atoms with van der Waals surface area (Å²) in [7, 11) is 0. The number of pyridine rings is 2. The van der Waals surface area contributed by atoms with E-state index in [0.29, 0.717) is 24.7 Å². The lowest BCUT2D eigenvalue weighted by atomic mass is 9.90. The van der Waals surface area contributed by atoms with E-state index in [9.17, 15) is 4.79 Å². The van der Waals surface area contributed by atoms with Gasteiger partial charge in [-0.15, -0.1) is 0 Å². The van der Waals surface area contributed by atoms with Crippen LogP contribution in [-0.2, 0) is 0 Å². The SMILES string of the molecule is O=C(c1ccco1)N1CCCC(c2nc(-c3ccncc3)ncc2-c2ccncc2)C1. The first-order chi connectivity index (χ1) is 15.3. The molecule has 7 nitrogen and oxygen atoms in total. The van der Waals surface area contributed by atoms with Gasteiger partial charge in [0.1, 0.15) is 0 Å². The van der Waals surface area contributed by atoms with Crippen LogP contribution < -0.4 is 0 Å². The largest absolute Gasteiger partial charge is 0.459 e. The normalized spacial score (nSPS) is 16.3. The quantitative estimate of drug-likeness (QED) is 0.500. The van der Waals surface area contributed by atoms with E-state index in [4.69, 9.17) is 9.40 Å². The third kappa shape index (κ3) is 3.94. The number of likely N-dealkylation sites (tertiary alicyclic amines) is 1. The number of furan rings is 1. The first-order valence-electron chi connectivity index (χ1n) is 10.3. The molecule has 5 heterocycles. The topological polar surface area (TPSA) is 85.0 Å². The van der Waals surface area contributed by atoms with Crippen LogP contribution in [0.15, 0.2) is 78.1 Å². The van der Waals surface area contributed by atoms with Crippen LogP contribution in [-0.4, -0.2) is 43.8 Å². The molecule has 0 aliphatic carbocycles. The third-order valence-electron chi connectivity index (χ3n) is 5.58. The fraction of sp³-hybridized carbons (Fsp3) is 0.208. The van der Waals surface area contributed by atoms with E-state index >= 15 is 0 Å². The smallest absolute Gasteiger partial charge is 0.289 e. The van der Waals surface area contributed by atoms with Gasteiger partial charge in [0.15, 0.2) is 11.6 Å². The molecule has 0 saturated carbocycles. The molecule has 31 heavy (non-hydrogen) atoms. The van der Waals surface area contributed by atoms with Crippen molar-refractivity contribution >= 4 is 5.91 Å². The molecule has 1 aliphatic rings. The maximum Gasteiger partial charge on any atom is 0.289 e. The fourth-order valence-electron chi connectivity index (χ4n) is 4.04. The average molecular weight is 411 g/mol. The van der Waals surface area contributed by atoms with E-state index in [0.717, 1.165) is 35.2 Å².